The zero-order chi connectivity index (χ0) is 30.9. The molecule has 3 fully saturated rings. The Labute approximate surface area is 244 Å². The molecule has 0 aromatic heterocycles. The number of aromatic hydroxyl groups is 1. The summed E-state index contributed by atoms with van der Waals surface area (Å²) in [5.41, 5.74) is 2.48. The van der Waals surface area contributed by atoms with Crippen LogP contribution in [-0.4, -0.2) is 94.7 Å². The first-order valence-corrected chi connectivity index (χ1v) is 14.3. The van der Waals surface area contributed by atoms with Crippen LogP contribution in [0.15, 0.2) is 6.07 Å². The maximum Gasteiger partial charge on any atom is 0.235 e. The summed E-state index contributed by atoms with van der Waals surface area (Å²) in [6, 6.07) is 0.493. The Morgan fingerprint density at radius 1 is 1.02 bits per heavy atom. The molecule has 0 aliphatic heterocycles. The molecule has 0 spiro atoms. The average Bonchev–Trinajstić information content (AvgIpc) is 2.90. The van der Waals surface area contributed by atoms with Gasteiger partial charge in [-0.1, -0.05) is 18.3 Å². The fourth-order valence-corrected chi connectivity index (χ4v) is 7.59. The summed E-state index contributed by atoms with van der Waals surface area (Å²) < 4.78 is 0. The molecule has 5 rings (SSSR count). The number of anilines is 1. The quantitative estimate of drug-likeness (QED) is 0.281. The van der Waals surface area contributed by atoms with E-state index in [4.69, 9.17) is 5.73 Å². The van der Waals surface area contributed by atoms with Crippen LogP contribution >= 0.6 is 0 Å². The summed E-state index contributed by atoms with van der Waals surface area (Å²) >= 11 is 0. The Morgan fingerprint density at radius 3 is 2.24 bits per heavy atom. The molecule has 11 heteroatoms. The number of amides is 1. The molecule has 0 heterocycles. The van der Waals surface area contributed by atoms with E-state index in [0.717, 1.165) is 19.3 Å². The molecule has 0 saturated heterocycles. The molecule has 42 heavy (non-hydrogen) atoms. The first kappa shape index (κ1) is 29.9. The van der Waals surface area contributed by atoms with Crippen molar-refractivity contribution in [2.75, 3.05) is 33.1 Å². The number of phenolic OH excluding ortho intramolecular Hbond substituents is 1. The molecule has 11 nitrogen and oxygen atoms in total. The highest BCUT2D eigenvalue weighted by molar-refractivity contribution is 6.32. The molecule has 4 aliphatic rings. The Morgan fingerprint density at radius 2 is 1.67 bits per heavy atom. The summed E-state index contributed by atoms with van der Waals surface area (Å²) in [5.74, 6) is -5.27. The monoisotopic (exact) mass is 579 g/mol. The van der Waals surface area contributed by atoms with Gasteiger partial charge in [0, 0.05) is 25.7 Å². The summed E-state index contributed by atoms with van der Waals surface area (Å²) in [5, 5.41) is 34.0. The number of nitrogens with two attached hydrogens (primary N) is 1. The molecular formula is C31H37N3O8. The molecule has 2 unspecified atom stereocenters. The number of primary amides is 1. The van der Waals surface area contributed by atoms with E-state index in [2.05, 4.69) is 11.8 Å². The highest BCUT2D eigenvalue weighted by atomic mass is 16.3. The summed E-state index contributed by atoms with van der Waals surface area (Å²) in [7, 11) is 6.63. The van der Waals surface area contributed by atoms with Crippen LogP contribution in [0, 0.1) is 35.5 Å². The molecule has 1 aromatic rings. The van der Waals surface area contributed by atoms with Gasteiger partial charge in [-0.2, -0.15) is 0 Å². The number of likely N-dealkylation sites (N-methyl/N-ethyl adjacent to an activating group) is 1. The van der Waals surface area contributed by atoms with Crippen molar-refractivity contribution < 1.29 is 39.3 Å². The molecule has 1 amide bonds. The van der Waals surface area contributed by atoms with Crippen LogP contribution in [0.2, 0.25) is 0 Å². The van der Waals surface area contributed by atoms with E-state index >= 15 is 0 Å². The second-order valence-electron chi connectivity index (χ2n) is 12.7. The van der Waals surface area contributed by atoms with E-state index < -0.39 is 75.7 Å². The van der Waals surface area contributed by atoms with Gasteiger partial charge in [0.2, 0.25) is 5.91 Å². The standard InChI is InChI=1S/C31H37N3O8/c1-33(2)19-14-15(8-11-30(41)9-6-5-7-10-30)24(35)21-17(19)12-16-13-18-23(34(3)4)26(37)22(29(32)40)28(39)31(18,42)27(38)20(16)25(21)36/h14,16,18,20,22-23,35,41-42H,5-7,9-10,12-13H2,1-4H3,(H2,32,40)/t16-,18-,20?,22?,23-,31-/m1/s1. The van der Waals surface area contributed by atoms with Gasteiger partial charge in [-0.15, -0.1) is 0 Å². The number of carbonyl (C=O) groups excluding carboxylic acids is 5. The van der Waals surface area contributed by atoms with Crippen molar-refractivity contribution in [3.8, 4) is 17.6 Å². The SMILES string of the molecule is CN(C)c1cc(C#CC2(O)CCCCC2)c(O)c2c1C[C@@H]1C[C@@H]3[C@@H](N(C)C)C(=O)C(C(N)=O)C(=O)[C@]3(O)C(=O)C1C2=O. The molecule has 0 radical (unpaired) electrons. The first-order valence-electron chi connectivity index (χ1n) is 14.3. The van der Waals surface area contributed by atoms with Crippen LogP contribution in [0.1, 0.15) is 60.0 Å². The van der Waals surface area contributed by atoms with Gasteiger partial charge in [0.15, 0.2) is 34.7 Å². The molecular weight excluding hydrogens is 542 g/mol. The van der Waals surface area contributed by atoms with Crippen molar-refractivity contribution in [2.24, 2.45) is 29.4 Å². The Kier molecular flexibility index (Phi) is 7.33. The number of carbonyl (C=O) groups is 5. The first-order chi connectivity index (χ1) is 19.6. The van der Waals surface area contributed by atoms with Gasteiger partial charge >= 0.3 is 0 Å². The van der Waals surface area contributed by atoms with Crippen molar-refractivity contribution in [3.63, 3.8) is 0 Å². The number of fused-ring (bicyclic) bond motifs is 3. The van der Waals surface area contributed by atoms with Crippen molar-refractivity contribution >= 4 is 34.7 Å². The summed E-state index contributed by atoms with van der Waals surface area (Å²) in [6.07, 6.45) is 3.79. The molecule has 3 saturated carbocycles. The Balaban J connectivity index is 1.63. The highest BCUT2D eigenvalue weighted by Crippen LogP contribution is 2.52. The van der Waals surface area contributed by atoms with E-state index in [0.29, 0.717) is 24.1 Å². The fraction of sp³-hybridized carbons (Fsp3) is 0.581. The topological polar surface area (TPSA) is 179 Å². The summed E-state index contributed by atoms with van der Waals surface area (Å²) in [4.78, 5) is 70.2. The lowest BCUT2D eigenvalue weighted by molar-refractivity contribution is -0.181. The molecule has 5 N–H and O–H groups in total. The average molecular weight is 580 g/mol. The van der Waals surface area contributed by atoms with Gasteiger partial charge in [-0.25, -0.2) is 0 Å². The van der Waals surface area contributed by atoms with Crippen LogP contribution in [0.25, 0.3) is 0 Å². The number of ketones is 4. The number of aliphatic hydroxyl groups is 2. The number of nitrogens with zero attached hydrogens (tertiary/aromatic N) is 2. The van der Waals surface area contributed by atoms with Crippen LogP contribution in [-0.2, 0) is 25.6 Å². The smallest absolute Gasteiger partial charge is 0.235 e. The lowest BCUT2D eigenvalue weighted by Gasteiger charge is -2.52. The highest BCUT2D eigenvalue weighted by Gasteiger charge is 2.69. The predicted molar refractivity (Wildman–Crippen MR) is 151 cm³/mol. The second kappa shape index (κ2) is 10.3. The minimum Gasteiger partial charge on any atom is -0.506 e. The van der Waals surface area contributed by atoms with E-state index in [9.17, 15) is 39.3 Å². The third-order valence-electron chi connectivity index (χ3n) is 9.63. The van der Waals surface area contributed by atoms with Crippen LogP contribution in [0.5, 0.6) is 5.75 Å². The van der Waals surface area contributed by atoms with Crippen molar-refractivity contribution in [3.05, 3.63) is 22.8 Å². The number of Topliss-reactive ketones (excluding diaryl/α,β-unsaturated/α-hetero) is 4. The molecule has 224 valence electrons. The van der Waals surface area contributed by atoms with Gasteiger partial charge in [0.1, 0.15) is 11.4 Å². The number of rotatable bonds is 3. The number of hydrogen-bond acceptors (Lipinski definition) is 10. The zero-order valence-corrected chi connectivity index (χ0v) is 24.3. The van der Waals surface area contributed by atoms with Gasteiger partial charge < -0.3 is 26.0 Å². The van der Waals surface area contributed by atoms with Gasteiger partial charge in [0.05, 0.1) is 23.1 Å². The van der Waals surface area contributed by atoms with Gasteiger partial charge in [-0.3, -0.25) is 28.9 Å². The van der Waals surface area contributed by atoms with Crippen LogP contribution in [0.4, 0.5) is 5.69 Å². The second-order valence-corrected chi connectivity index (χ2v) is 12.7. The van der Waals surface area contributed by atoms with Crippen LogP contribution in [0.3, 0.4) is 0 Å². The third kappa shape index (κ3) is 4.35. The van der Waals surface area contributed by atoms with Gasteiger partial charge in [0.25, 0.3) is 0 Å². The van der Waals surface area contributed by atoms with Crippen LogP contribution < -0.4 is 10.6 Å². The maximum atomic E-state index is 14.1. The predicted octanol–water partition coefficient (Wildman–Crippen LogP) is -0.0203. The lowest BCUT2D eigenvalue weighted by atomic mass is 9.52. The van der Waals surface area contributed by atoms with E-state index in [1.165, 1.54) is 4.90 Å². The minimum atomic E-state index is -2.78. The number of benzene rings is 1. The number of phenols is 1. The Bertz CT molecular complexity index is 1460. The fourth-order valence-electron chi connectivity index (χ4n) is 7.59. The molecule has 6 atom stereocenters. The molecule has 4 aliphatic carbocycles. The van der Waals surface area contributed by atoms with E-state index in [-0.39, 0.29) is 24.0 Å². The largest absolute Gasteiger partial charge is 0.506 e. The summed E-state index contributed by atoms with van der Waals surface area (Å²) in [6.45, 7) is 0. The van der Waals surface area contributed by atoms with Crippen molar-refractivity contribution in [1.29, 1.82) is 0 Å². The number of hydrogen-bond donors (Lipinski definition) is 4. The minimum absolute atomic E-state index is 0.0217. The molecule has 0 bridgehead atoms. The lowest BCUT2D eigenvalue weighted by Crippen LogP contribution is -2.74. The zero-order valence-electron chi connectivity index (χ0n) is 24.3. The Hall–Kier alpha value is -3.59. The van der Waals surface area contributed by atoms with Gasteiger partial charge in [-0.05, 0) is 70.2 Å². The van der Waals surface area contributed by atoms with E-state index in [1.807, 2.05) is 0 Å². The third-order valence-corrected chi connectivity index (χ3v) is 9.63. The van der Waals surface area contributed by atoms with Crippen molar-refractivity contribution in [2.45, 2.75) is 62.2 Å². The van der Waals surface area contributed by atoms with E-state index in [1.54, 1.807) is 39.2 Å². The van der Waals surface area contributed by atoms with Crippen molar-refractivity contribution in [1.82, 2.24) is 4.90 Å². The maximum absolute atomic E-state index is 14.1. The normalized spacial score (nSPS) is 31.9. The molecule has 1 aromatic carbocycles.